The largest absolute Gasteiger partial charge is 0.341 e. The Hall–Kier alpha value is -1.10. The van der Waals surface area contributed by atoms with Gasteiger partial charge in [-0.3, -0.25) is 9.59 Å². The highest BCUT2D eigenvalue weighted by Gasteiger charge is 2.48. The molecular formula is C16H27N3O2. The van der Waals surface area contributed by atoms with Gasteiger partial charge in [-0.05, 0) is 32.9 Å². The normalized spacial score (nSPS) is 35.3. The van der Waals surface area contributed by atoms with Gasteiger partial charge in [-0.25, -0.2) is 0 Å². The standard InChI is InChI=1S/C16H27N3O2/c1-11-6-12(7-11)15(20)19-9-13-8-18(5-4-17(2)3)16(21)14(13)10-19/h11-14H,4-10H2,1-3H3. The van der Waals surface area contributed by atoms with Crippen LogP contribution in [0, 0.1) is 23.7 Å². The van der Waals surface area contributed by atoms with Crippen LogP contribution in [0.15, 0.2) is 0 Å². The molecule has 0 N–H and O–H groups in total. The number of hydrogen-bond acceptors (Lipinski definition) is 3. The highest BCUT2D eigenvalue weighted by atomic mass is 16.2. The summed E-state index contributed by atoms with van der Waals surface area (Å²) in [6, 6.07) is 0. The summed E-state index contributed by atoms with van der Waals surface area (Å²) in [4.78, 5) is 30.9. The van der Waals surface area contributed by atoms with E-state index in [0.717, 1.165) is 39.0 Å². The lowest BCUT2D eigenvalue weighted by Gasteiger charge is -2.34. The highest BCUT2D eigenvalue weighted by Crippen LogP contribution is 2.38. The predicted octanol–water partition coefficient (Wildman–Crippen LogP) is 0.511. The van der Waals surface area contributed by atoms with E-state index in [9.17, 15) is 9.59 Å². The van der Waals surface area contributed by atoms with Crippen molar-refractivity contribution >= 4 is 11.8 Å². The SMILES string of the molecule is CC1CC(C(=O)N2CC3CN(CCN(C)C)C(=O)C3C2)C1. The van der Waals surface area contributed by atoms with Gasteiger partial charge in [-0.15, -0.1) is 0 Å². The van der Waals surface area contributed by atoms with E-state index >= 15 is 0 Å². The van der Waals surface area contributed by atoms with Crippen LogP contribution in [0.4, 0.5) is 0 Å². The molecule has 0 spiro atoms. The van der Waals surface area contributed by atoms with Gasteiger partial charge in [0.1, 0.15) is 0 Å². The molecule has 21 heavy (non-hydrogen) atoms. The van der Waals surface area contributed by atoms with Crippen molar-refractivity contribution in [1.82, 2.24) is 14.7 Å². The fourth-order valence-electron chi connectivity index (χ4n) is 4.01. The summed E-state index contributed by atoms with van der Waals surface area (Å²) in [6.07, 6.45) is 2.07. The number of carbonyl (C=O) groups is 2. The van der Waals surface area contributed by atoms with Gasteiger partial charge in [0.05, 0.1) is 5.92 Å². The third kappa shape index (κ3) is 2.80. The minimum atomic E-state index is 0.0635. The van der Waals surface area contributed by atoms with Crippen molar-refractivity contribution in [3.05, 3.63) is 0 Å². The Morgan fingerprint density at radius 1 is 1.24 bits per heavy atom. The Labute approximate surface area is 127 Å². The van der Waals surface area contributed by atoms with Crippen molar-refractivity contribution in [2.24, 2.45) is 23.7 Å². The Bertz CT molecular complexity index is 431. The molecule has 5 nitrogen and oxygen atoms in total. The number of likely N-dealkylation sites (tertiary alicyclic amines) is 2. The van der Waals surface area contributed by atoms with E-state index in [-0.39, 0.29) is 17.7 Å². The van der Waals surface area contributed by atoms with Crippen LogP contribution in [0.1, 0.15) is 19.8 Å². The number of rotatable bonds is 4. The van der Waals surface area contributed by atoms with Gasteiger partial charge in [0, 0.05) is 44.6 Å². The van der Waals surface area contributed by atoms with Crippen LogP contribution in [0.5, 0.6) is 0 Å². The Kier molecular flexibility index (Phi) is 3.95. The molecule has 2 unspecified atom stereocenters. The molecule has 2 saturated heterocycles. The summed E-state index contributed by atoms with van der Waals surface area (Å²) in [6.45, 7) is 6.21. The van der Waals surface area contributed by atoms with E-state index in [1.165, 1.54) is 0 Å². The highest BCUT2D eigenvalue weighted by molar-refractivity contribution is 5.85. The number of hydrogen-bond donors (Lipinski definition) is 0. The fourth-order valence-corrected chi connectivity index (χ4v) is 4.01. The fraction of sp³-hybridized carbons (Fsp3) is 0.875. The molecule has 0 aromatic carbocycles. The smallest absolute Gasteiger partial charge is 0.227 e. The molecule has 3 aliphatic rings. The van der Waals surface area contributed by atoms with Crippen LogP contribution in [-0.4, -0.2) is 73.3 Å². The third-order valence-electron chi connectivity index (χ3n) is 5.38. The first-order valence-electron chi connectivity index (χ1n) is 8.18. The van der Waals surface area contributed by atoms with E-state index in [1.807, 2.05) is 23.9 Å². The lowest BCUT2D eigenvalue weighted by Crippen LogP contribution is -2.42. The summed E-state index contributed by atoms with van der Waals surface area (Å²) >= 11 is 0. The molecule has 3 rings (SSSR count). The van der Waals surface area contributed by atoms with E-state index < -0.39 is 0 Å². The van der Waals surface area contributed by atoms with Gasteiger partial charge in [0.15, 0.2) is 0 Å². The molecule has 1 aliphatic carbocycles. The first-order chi connectivity index (χ1) is 9.95. The van der Waals surface area contributed by atoms with Gasteiger partial charge in [0.2, 0.25) is 11.8 Å². The zero-order valence-corrected chi connectivity index (χ0v) is 13.4. The number of amides is 2. The van der Waals surface area contributed by atoms with Crippen molar-refractivity contribution in [3.63, 3.8) is 0 Å². The van der Waals surface area contributed by atoms with Crippen LogP contribution in [0.3, 0.4) is 0 Å². The van der Waals surface area contributed by atoms with Gasteiger partial charge in [-0.2, -0.15) is 0 Å². The van der Waals surface area contributed by atoms with E-state index in [2.05, 4.69) is 11.8 Å². The lowest BCUT2D eigenvalue weighted by atomic mass is 9.75. The summed E-state index contributed by atoms with van der Waals surface area (Å²) in [5.41, 5.74) is 0. The van der Waals surface area contributed by atoms with Gasteiger partial charge in [-0.1, -0.05) is 6.92 Å². The summed E-state index contributed by atoms with van der Waals surface area (Å²) in [5.74, 6) is 1.92. The van der Waals surface area contributed by atoms with Crippen LogP contribution in [0.2, 0.25) is 0 Å². The number of fused-ring (bicyclic) bond motifs is 1. The van der Waals surface area contributed by atoms with E-state index in [1.54, 1.807) is 0 Å². The lowest BCUT2D eigenvalue weighted by molar-refractivity contribution is -0.139. The number of nitrogens with zero attached hydrogens (tertiary/aromatic N) is 3. The maximum atomic E-state index is 12.4. The topological polar surface area (TPSA) is 43.9 Å². The molecule has 3 fully saturated rings. The van der Waals surface area contributed by atoms with Gasteiger partial charge >= 0.3 is 0 Å². The second-order valence-corrected chi connectivity index (χ2v) is 7.47. The zero-order valence-electron chi connectivity index (χ0n) is 13.4. The molecule has 5 heteroatoms. The van der Waals surface area contributed by atoms with Gasteiger partial charge in [0.25, 0.3) is 0 Å². The summed E-state index contributed by atoms with van der Waals surface area (Å²) < 4.78 is 0. The van der Waals surface area contributed by atoms with Crippen molar-refractivity contribution in [1.29, 1.82) is 0 Å². The number of likely N-dealkylation sites (N-methyl/N-ethyl adjacent to an activating group) is 1. The molecule has 2 aliphatic heterocycles. The summed E-state index contributed by atoms with van der Waals surface area (Å²) in [5, 5.41) is 0. The maximum Gasteiger partial charge on any atom is 0.227 e. The van der Waals surface area contributed by atoms with E-state index in [0.29, 0.717) is 24.3 Å². The Morgan fingerprint density at radius 3 is 2.52 bits per heavy atom. The minimum absolute atomic E-state index is 0.0635. The molecule has 1 saturated carbocycles. The molecule has 0 aromatic rings. The van der Waals surface area contributed by atoms with Crippen LogP contribution >= 0.6 is 0 Å². The summed E-state index contributed by atoms with van der Waals surface area (Å²) in [7, 11) is 4.06. The monoisotopic (exact) mass is 293 g/mol. The average molecular weight is 293 g/mol. The molecular weight excluding hydrogens is 266 g/mol. The van der Waals surface area contributed by atoms with Crippen LogP contribution < -0.4 is 0 Å². The maximum absolute atomic E-state index is 12.4. The zero-order chi connectivity index (χ0) is 15.1. The van der Waals surface area contributed by atoms with Gasteiger partial charge < -0.3 is 14.7 Å². The second-order valence-electron chi connectivity index (χ2n) is 7.47. The Morgan fingerprint density at radius 2 is 1.95 bits per heavy atom. The Balaban J connectivity index is 1.53. The predicted molar refractivity (Wildman–Crippen MR) is 80.6 cm³/mol. The van der Waals surface area contributed by atoms with Crippen molar-refractivity contribution in [2.45, 2.75) is 19.8 Å². The second kappa shape index (κ2) is 5.59. The molecule has 2 heterocycles. The van der Waals surface area contributed by atoms with Crippen molar-refractivity contribution < 1.29 is 9.59 Å². The van der Waals surface area contributed by atoms with E-state index in [4.69, 9.17) is 0 Å². The molecule has 2 amide bonds. The number of carbonyl (C=O) groups excluding carboxylic acids is 2. The van der Waals surface area contributed by atoms with Crippen LogP contribution in [-0.2, 0) is 9.59 Å². The van der Waals surface area contributed by atoms with Crippen molar-refractivity contribution in [3.8, 4) is 0 Å². The first kappa shape index (κ1) is 14.8. The first-order valence-corrected chi connectivity index (χ1v) is 8.18. The molecule has 0 bridgehead atoms. The quantitative estimate of drug-likeness (QED) is 0.759. The third-order valence-corrected chi connectivity index (χ3v) is 5.38. The minimum Gasteiger partial charge on any atom is -0.341 e. The van der Waals surface area contributed by atoms with Crippen molar-refractivity contribution in [2.75, 3.05) is 46.8 Å². The molecule has 0 radical (unpaired) electrons. The molecule has 2 atom stereocenters. The molecule has 0 aromatic heterocycles. The van der Waals surface area contributed by atoms with Crippen LogP contribution in [0.25, 0.3) is 0 Å². The average Bonchev–Trinajstić information content (AvgIpc) is 2.92. The molecule has 118 valence electrons.